The Morgan fingerprint density at radius 1 is 1.28 bits per heavy atom. The van der Waals surface area contributed by atoms with Crippen molar-refractivity contribution in [3.05, 3.63) is 67.7 Å². The molecule has 0 bridgehead atoms. The molecule has 0 saturated carbocycles. The van der Waals surface area contributed by atoms with Crippen LogP contribution in [0.1, 0.15) is 22.3 Å². The smallest absolute Gasteiger partial charge is 0.270 e. The van der Waals surface area contributed by atoms with E-state index >= 15 is 0 Å². The van der Waals surface area contributed by atoms with Crippen molar-refractivity contribution in [2.24, 2.45) is 0 Å². The number of nitrogens with one attached hydrogen (secondary N) is 1. The molecule has 2 N–H and O–H groups in total. The molecule has 2 aromatic rings. The number of rotatable bonds is 4. The lowest BCUT2D eigenvalue weighted by Gasteiger charge is -2.20. The quantitative estimate of drug-likeness (QED) is 0.480. The van der Waals surface area contributed by atoms with Gasteiger partial charge in [0, 0.05) is 28.3 Å². The fourth-order valence-electron chi connectivity index (χ4n) is 2.67. The number of carbonyl (C=O) groups is 2. The highest BCUT2D eigenvalue weighted by Gasteiger charge is 2.47. The lowest BCUT2D eigenvalue weighted by atomic mass is 9.88. The molecule has 0 fully saturated rings. The van der Waals surface area contributed by atoms with E-state index in [2.05, 4.69) is 5.32 Å². The number of carbonyl (C=O) groups excluding carboxylic acids is 2. The van der Waals surface area contributed by atoms with Crippen LogP contribution < -0.4 is 5.32 Å². The normalized spacial score (nSPS) is 18.6. The molecule has 1 atom stereocenters. The third-order valence-electron chi connectivity index (χ3n) is 3.91. The summed E-state index contributed by atoms with van der Waals surface area (Å²) in [5, 5.41) is 24.4. The Labute approximate surface area is 151 Å². The summed E-state index contributed by atoms with van der Waals surface area (Å²) in [6.45, 7) is 0. The number of fused-ring (bicyclic) bond motifs is 1. The number of nitro groups is 1. The zero-order valence-corrected chi connectivity index (χ0v) is 14.0. The molecule has 128 valence electrons. The van der Waals surface area contributed by atoms with E-state index in [0.717, 1.165) is 6.07 Å². The standard InChI is InChI=1S/C16H10Cl2N2O5/c17-9-5-11-14(12(18)6-9)19-15(22)16(11,23)7-13(21)8-2-1-3-10(4-8)20(24)25/h1-6,23H,7H2,(H,19,22)/t16-/m0/s1. The fourth-order valence-corrected chi connectivity index (χ4v) is 3.21. The number of halogens is 2. The number of nitrogens with zero attached hydrogens (tertiary/aromatic N) is 1. The summed E-state index contributed by atoms with van der Waals surface area (Å²) < 4.78 is 0. The number of nitro benzene ring substituents is 1. The number of amides is 1. The van der Waals surface area contributed by atoms with Crippen molar-refractivity contribution in [3.63, 3.8) is 0 Å². The van der Waals surface area contributed by atoms with E-state index in [1.807, 2.05) is 0 Å². The van der Waals surface area contributed by atoms with E-state index in [4.69, 9.17) is 23.2 Å². The van der Waals surface area contributed by atoms with Gasteiger partial charge in [0.25, 0.3) is 11.6 Å². The van der Waals surface area contributed by atoms with E-state index in [1.54, 1.807) is 0 Å². The van der Waals surface area contributed by atoms with Gasteiger partial charge in [0.05, 0.1) is 22.1 Å². The zero-order chi connectivity index (χ0) is 18.4. The first-order valence-corrected chi connectivity index (χ1v) is 7.79. The first kappa shape index (κ1) is 17.3. The number of hydrogen-bond donors (Lipinski definition) is 2. The second kappa shape index (κ2) is 6.11. The Bertz CT molecular complexity index is 931. The second-order valence-electron chi connectivity index (χ2n) is 5.53. The maximum Gasteiger partial charge on any atom is 0.270 e. The summed E-state index contributed by atoms with van der Waals surface area (Å²) in [5.41, 5.74) is -2.14. The van der Waals surface area contributed by atoms with Gasteiger partial charge >= 0.3 is 0 Å². The van der Waals surface area contributed by atoms with Crippen LogP contribution in [0.4, 0.5) is 11.4 Å². The number of non-ortho nitro benzene ring substituents is 1. The molecule has 0 aromatic heterocycles. The molecule has 2 aromatic carbocycles. The predicted octanol–water partition coefficient (Wildman–Crippen LogP) is 3.31. The van der Waals surface area contributed by atoms with Crippen molar-refractivity contribution in [2.45, 2.75) is 12.0 Å². The molecule has 7 nitrogen and oxygen atoms in total. The number of ketones is 1. The molecule has 3 rings (SSSR count). The Kier molecular flexibility index (Phi) is 4.24. The van der Waals surface area contributed by atoms with E-state index in [9.17, 15) is 24.8 Å². The van der Waals surface area contributed by atoms with Crippen LogP contribution in [-0.2, 0) is 10.4 Å². The van der Waals surface area contributed by atoms with Gasteiger partial charge in [-0.2, -0.15) is 0 Å². The molecule has 0 radical (unpaired) electrons. The number of benzene rings is 2. The minimum absolute atomic E-state index is 0.0111. The molecule has 0 aliphatic carbocycles. The van der Waals surface area contributed by atoms with Crippen molar-refractivity contribution >= 4 is 46.3 Å². The summed E-state index contributed by atoms with van der Waals surface area (Å²) in [7, 11) is 0. The summed E-state index contributed by atoms with van der Waals surface area (Å²) in [4.78, 5) is 34.9. The molecule has 9 heteroatoms. The largest absolute Gasteiger partial charge is 0.375 e. The van der Waals surface area contributed by atoms with Crippen molar-refractivity contribution in [1.82, 2.24) is 0 Å². The van der Waals surface area contributed by atoms with Crippen molar-refractivity contribution in [3.8, 4) is 0 Å². The predicted molar refractivity (Wildman–Crippen MR) is 91.0 cm³/mol. The van der Waals surface area contributed by atoms with Crippen LogP contribution in [0.15, 0.2) is 36.4 Å². The van der Waals surface area contributed by atoms with Crippen molar-refractivity contribution in [2.75, 3.05) is 5.32 Å². The van der Waals surface area contributed by atoms with Crippen molar-refractivity contribution < 1.29 is 19.6 Å². The maximum atomic E-state index is 12.5. The van der Waals surface area contributed by atoms with Gasteiger partial charge in [-0.05, 0) is 12.1 Å². The highest BCUT2D eigenvalue weighted by Crippen LogP contribution is 2.44. The topological polar surface area (TPSA) is 110 Å². The fraction of sp³-hybridized carbons (Fsp3) is 0.125. The third kappa shape index (κ3) is 2.97. The van der Waals surface area contributed by atoms with Crippen LogP contribution in [0, 0.1) is 10.1 Å². The third-order valence-corrected chi connectivity index (χ3v) is 4.43. The van der Waals surface area contributed by atoms with E-state index < -0.39 is 28.6 Å². The van der Waals surface area contributed by atoms with Crippen LogP contribution in [0.2, 0.25) is 10.0 Å². The average molecular weight is 381 g/mol. The Morgan fingerprint density at radius 2 is 2.00 bits per heavy atom. The van der Waals surface area contributed by atoms with Gasteiger partial charge < -0.3 is 10.4 Å². The highest BCUT2D eigenvalue weighted by atomic mass is 35.5. The van der Waals surface area contributed by atoms with Gasteiger partial charge in [-0.3, -0.25) is 19.7 Å². The molecule has 1 heterocycles. The highest BCUT2D eigenvalue weighted by molar-refractivity contribution is 6.37. The SMILES string of the molecule is O=C(C[C@@]1(O)C(=O)Nc2c(Cl)cc(Cl)cc21)c1cccc([N+](=O)[O-])c1. The lowest BCUT2D eigenvalue weighted by Crippen LogP contribution is -2.36. The molecule has 1 amide bonds. The molecular formula is C16H10Cl2N2O5. The van der Waals surface area contributed by atoms with Crippen LogP contribution in [-0.4, -0.2) is 21.7 Å². The Hall–Kier alpha value is -2.48. The van der Waals surface area contributed by atoms with E-state index in [-0.39, 0.29) is 32.5 Å². The summed E-state index contributed by atoms with van der Waals surface area (Å²) >= 11 is 11.9. The molecule has 0 unspecified atom stereocenters. The molecule has 1 aliphatic rings. The maximum absolute atomic E-state index is 12.5. The summed E-state index contributed by atoms with van der Waals surface area (Å²) in [6.07, 6.45) is -0.607. The van der Waals surface area contributed by atoms with Gasteiger partial charge in [0.15, 0.2) is 11.4 Å². The molecule has 25 heavy (non-hydrogen) atoms. The average Bonchev–Trinajstić information content (AvgIpc) is 2.80. The molecule has 0 spiro atoms. The molecule has 0 saturated heterocycles. The Morgan fingerprint density at radius 3 is 2.68 bits per heavy atom. The molecule has 1 aliphatic heterocycles. The van der Waals surface area contributed by atoms with Gasteiger partial charge in [0.2, 0.25) is 0 Å². The number of Topliss-reactive ketones (excluding diaryl/α,β-unsaturated/α-hetero) is 1. The van der Waals surface area contributed by atoms with Crippen LogP contribution in [0.25, 0.3) is 0 Å². The second-order valence-corrected chi connectivity index (χ2v) is 6.38. The van der Waals surface area contributed by atoms with E-state index in [1.165, 1.54) is 30.3 Å². The monoisotopic (exact) mass is 380 g/mol. The van der Waals surface area contributed by atoms with Gasteiger partial charge in [-0.15, -0.1) is 0 Å². The minimum atomic E-state index is -2.16. The number of hydrogen-bond acceptors (Lipinski definition) is 5. The first-order valence-electron chi connectivity index (χ1n) is 7.03. The van der Waals surface area contributed by atoms with Crippen molar-refractivity contribution in [1.29, 1.82) is 0 Å². The minimum Gasteiger partial charge on any atom is -0.375 e. The Balaban J connectivity index is 1.98. The van der Waals surface area contributed by atoms with Gasteiger partial charge in [0.1, 0.15) is 0 Å². The molecular weight excluding hydrogens is 371 g/mol. The lowest BCUT2D eigenvalue weighted by molar-refractivity contribution is -0.384. The summed E-state index contributed by atoms with van der Waals surface area (Å²) in [5.74, 6) is -1.45. The number of anilines is 1. The van der Waals surface area contributed by atoms with Gasteiger partial charge in [-0.25, -0.2) is 0 Å². The van der Waals surface area contributed by atoms with Crippen LogP contribution in [0.3, 0.4) is 0 Å². The zero-order valence-electron chi connectivity index (χ0n) is 12.5. The van der Waals surface area contributed by atoms with E-state index in [0.29, 0.717) is 0 Å². The van der Waals surface area contributed by atoms with Gasteiger partial charge in [-0.1, -0.05) is 35.3 Å². The van der Waals surface area contributed by atoms with Crippen LogP contribution >= 0.6 is 23.2 Å². The number of aliphatic hydroxyl groups is 1. The van der Waals surface area contributed by atoms with Crippen LogP contribution in [0.5, 0.6) is 0 Å². The summed E-state index contributed by atoms with van der Waals surface area (Å²) in [6, 6.07) is 7.80. The first-order chi connectivity index (χ1) is 11.7.